The van der Waals surface area contributed by atoms with Crippen molar-refractivity contribution in [3.63, 3.8) is 0 Å². The van der Waals surface area contributed by atoms with Crippen molar-refractivity contribution in [2.24, 2.45) is 7.05 Å². The average molecular weight is 388 g/mol. The van der Waals surface area contributed by atoms with Gasteiger partial charge in [0.2, 0.25) is 0 Å². The molecular weight excluding hydrogens is 368 g/mol. The normalized spacial score (nSPS) is 11.4. The lowest BCUT2D eigenvalue weighted by atomic mass is 9.84. The van der Waals surface area contributed by atoms with Gasteiger partial charge in [-0.05, 0) is 18.1 Å². The summed E-state index contributed by atoms with van der Waals surface area (Å²) in [6.45, 7) is 2.02. The molecule has 5 nitrogen and oxygen atoms in total. The Hall–Kier alpha value is -3.25. The second-order valence-electron chi connectivity index (χ2n) is 6.75. The first-order valence-corrected chi connectivity index (χ1v) is 9.82. The van der Waals surface area contributed by atoms with E-state index in [0.29, 0.717) is 5.69 Å². The molecule has 140 valence electrons. The highest BCUT2D eigenvalue weighted by Gasteiger charge is 2.31. The molecule has 0 aliphatic carbocycles. The van der Waals surface area contributed by atoms with Gasteiger partial charge in [0.1, 0.15) is 10.7 Å². The second-order valence-corrected chi connectivity index (χ2v) is 7.61. The average Bonchev–Trinajstić information content (AvgIpc) is 3.38. The Kier molecular flexibility index (Phi) is 4.79. The molecular formula is C22H20N4OS. The molecule has 4 aromatic rings. The van der Waals surface area contributed by atoms with Crippen LogP contribution in [0.2, 0.25) is 0 Å². The minimum Gasteiger partial charge on any atom is -0.337 e. The lowest BCUT2D eigenvalue weighted by Crippen LogP contribution is -2.44. The minimum atomic E-state index is -0.669. The van der Waals surface area contributed by atoms with E-state index in [-0.39, 0.29) is 5.91 Å². The van der Waals surface area contributed by atoms with E-state index in [0.717, 1.165) is 21.7 Å². The number of aromatic nitrogens is 3. The Labute approximate surface area is 167 Å². The zero-order valence-electron chi connectivity index (χ0n) is 15.7. The van der Waals surface area contributed by atoms with Crippen LogP contribution in [-0.4, -0.2) is 20.7 Å². The predicted molar refractivity (Wildman–Crippen MR) is 111 cm³/mol. The number of aryl methyl sites for hydroxylation is 1. The van der Waals surface area contributed by atoms with Crippen molar-refractivity contribution >= 4 is 17.2 Å². The second kappa shape index (κ2) is 7.40. The fraction of sp³-hybridized carbons (Fsp3) is 0.136. The molecule has 6 heteroatoms. The van der Waals surface area contributed by atoms with E-state index in [1.165, 1.54) is 11.3 Å². The first-order chi connectivity index (χ1) is 13.6. The molecule has 0 saturated heterocycles. The first-order valence-electron chi connectivity index (χ1n) is 8.94. The van der Waals surface area contributed by atoms with Gasteiger partial charge in [0.15, 0.2) is 0 Å². The molecule has 0 fully saturated rings. The summed E-state index contributed by atoms with van der Waals surface area (Å²) in [5.74, 6) is -0.207. The molecule has 1 N–H and O–H groups in total. The van der Waals surface area contributed by atoms with E-state index >= 15 is 0 Å². The molecule has 1 amide bonds. The van der Waals surface area contributed by atoms with Gasteiger partial charge >= 0.3 is 0 Å². The van der Waals surface area contributed by atoms with Crippen molar-refractivity contribution in [2.45, 2.75) is 12.5 Å². The summed E-state index contributed by atoms with van der Waals surface area (Å²) in [6, 6.07) is 19.9. The summed E-state index contributed by atoms with van der Waals surface area (Å²) in [7, 11) is 1.86. The summed E-state index contributed by atoms with van der Waals surface area (Å²) in [6.07, 6.45) is 3.64. The molecule has 28 heavy (non-hydrogen) atoms. The molecule has 0 saturated carbocycles. The highest BCUT2D eigenvalue weighted by Crippen LogP contribution is 2.30. The standard InChI is InChI=1S/C22H20N4OS/c1-22(17-9-5-3-6-10-17,18-11-7-4-8-12-18)25-20(27)19-15-28-21(24-19)16-13-23-26(2)14-16/h3-15H,1-2H3,(H,25,27). The maximum absolute atomic E-state index is 13.1. The third-order valence-corrected chi connectivity index (χ3v) is 5.65. The number of rotatable bonds is 5. The van der Waals surface area contributed by atoms with Crippen LogP contribution in [-0.2, 0) is 12.6 Å². The number of hydrogen-bond acceptors (Lipinski definition) is 4. The number of amides is 1. The van der Waals surface area contributed by atoms with Crippen LogP contribution in [0, 0.1) is 0 Å². The zero-order valence-corrected chi connectivity index (χ0v) is 16.5. The fourth-order valence-corrected chi connectivity index (χ4v) is 3.96. The van der Waals surface area contributed by atoms with E-state index in [9.17, 15) is 4.79 Å². The molecule has 0 radical (unpaired) electrons. The molecule has 2 aromatic heterocycles. The van der Waals surface area contributed by atoms with Gasteiger partial charge in [-0.2, -0.15) is 5.10 Å². The summed E-state index contributed by atoms with van der Waals surface area (Å²) >= 11 is 1.44. The molecule has 0 bridgehead atoms. The molecule has 0 spiro atoms. The van der Waals surface area contributed by atoms with E-state index in [1.807, 2.05) is 80.8 Å². The maximum atomic E-state index is 13.1. The fourth-order valence-electron chi connectivity index (χ4n) is 3.19. The first kappa shape index (κ1) is 18.1. The number of carbonyl (C=O) groups excluding carboxylic acids is 1. The molecule has 0 atom stereocenters. The summed E-state index contributed by atoms with van der Waals surface area (Å²) in [5.41, 5.74) is 2.66. The third kappa shape index (κ3) is 3.46. The van der Waals surface area contributed by atoms with Crippen LogP contribution in [0.5, 0.6) is 0 Å². The summed E-state index contributed by atoms with van der Waals surface area (Å²) < 4.78 is 1.72. The number of thiazole rings is 1. The Morgan fingerprint density at radius 3 is 2.18 bits per heavy atom. The highest BCUT2D eigenvalue weighted by atomic mass is 32.1. The Bertz CT molecular complexity index is 1050. The smallest absolute Gasteiger partial charge is 0.271 e. The molecule has 2 aromatic carbocycles. The van der Waals surface area contributed by atoms with Crippen molar-refractivity contribution in [1.29, 1.82) is 0 Å². The van der Waals surface area contributed by atoms with E-state index in [4.69, 9.17) is 0 Å². The van der Waals surface area contributed by atoms with Gasteiger partial charge in [0.25, 0.3) is 5.91 Å². The van der Waals surface area contributed by atoms with Gasteiger partial charge in [-0.3, -0.25) is 9.48 Å². The zero-order chi connectivity index (χ0) is 19.6. The largest absolute Gasteiger partial charge is 0.337 e. The van der Waals surface area contributed by atoms with Gasteiger partial charge in [-0.1, -0.05) is 60.7 Å². The summed E-state index contributed by atoms with van der Waals surface area (Å²) in [5, 5.41) is 9.93. The third-order valence-electron chi connectivity index (χ3n) is 4.75. The van der Waals surface area contributed by atoms with Crippen LogP contribution in [0.3, 0.4) is 0 Å². The molecule has 4 rings (SSSR count). The molecule has 2 heterocycles. The van der Waals surface area contributed by atoms with E-state index in [1.54, 1.807) is 16.3 Å². The van der Waals surface area contributed by atoms with E-state index < -0.39 is 5.54 Å². The lowest BCUT2D eigenvalue weighted by Gasteiger charge is -2.32. The monoisotopic (exact) mass is 388 g/mol. The number of nitrogens with zero attached hydrogens (tertiary/aromatic N) is 3. The van der Waals surface area contributed by atoms with Crippen molar-refractivity contribution in [1.82, 2.24) is 20.1 Å². The van der Waals surface area contributed by atoms with Crippen LogP contribution in [0.1, 0.15) is 28.5 Å². The van der Waals surface area contributed by atoms with Crippen LogP contribution in [0.4, 0.5) is 0 Å². The Balaban J connectivity index is 1.66. The number of benzene rings is 2. The Morgan fingerprint density at radius 1 is 1.04 bits per heavy atom. The summed E-state index contributed by atoms with van der Waals surface area (Å²) in [4.78, 5) is 17.6. The topological polar surface area (TPSA) is 59.8 Å². The van der Waals surface area contributed by atoms with Crippen LogP contribution in [0.25, 0.3) is 10.6 Å². The molecule has 0 aliphatic rings. The number of nitrogens with one attached hydrogen (secondary N) is 1. The lowest BCUT2D eigenvalue weighted by molar-refractivity contribution is 0.0914. The SMILES string of the molecule is Cn1cc(-c2nc(C(=O)NC(C)(c3ccccc3)c3ccccc3)cs2)cn1. The van der Waals surface area contributed by atoms with Gasteiger partial charge < -0.3 is 5.32 Å². The van der Waals surface area contributed by atoms with Gasteiger partial charge in [0, 0.05) is 24.2 Å². The van der Waals surface area contributed by atoms with Crippen LogP contribution < -0.4 is 5.32 Å². The highest BCUT2D eigenvalue weighted by molar-refractivity contribution is 7.13. The minimum absolute atomic E-state index is 0.207. The molecule has 0 unspecified atom stereocenters. The van der Waals surface area contributed by atoms with Gasteiger partial charge in [-0.25, -0.2) is 4.98 Å². The Morgan fingerprint density at radius 2 is 1.64 bits per heavy atom. The van der Waals surface area contributed by atoms with Gasteiger partial charge in [-0.15, -0.1) is 11.3 Å². The van der Waals surface area contributed by atoms with Crippen molar-refractivity contribution in [3.8, 4) is 10.6 Å². The predicted octanol–water partition coefficient (Wildman–Crippen LogP) is 4.24. The van der Waals surface area contributed by atoms with Crippen LogP contribution in [0.15, 0.2) is 78.4 Å². The number of hydrogen-bond donors (Lipinski definition) is 1. The maximum Gasteiger partial charge on any atom is 0.271 e. The van der Waals surface area contributed by atoms with Crippen molar-refractivity contribution in [3.05, 3.63) is 95.3 Å². The van der Waals surface area contributed by atoms with Gasteiger partial charge in [0.05, 0.1) is 11.7 Å². The quantitative estimate of drug-likeness (QED) is 0.556. The number of carbonyl (C=O) groups is 1. The van der Waals surface area contributed by atoms with E-state index in [2.05, 4.69) is 15.4 Å². The van der Waals surface area contributed by atoms with Crippen molar-refractivity contribution in [2.75, 3.05) is 0 Å². The van der Waals surface area contributed by atoms with Crippen molar-refractivity contribution < 1.29 is 4.79 Å². The molecule has 0 aliphatic heterocycles. The van der Waals surface area contributed by atoms with Crippen LogP contribution >= 0.6 is 11.3 Å².